The zero-order valence-electron chi connectivity index (χ0n) is 9.02. The Morgan fingerprint density at radius 3 is 2.78 bits per heavy atom. The van der Waals surface area contributed by atoms with Gasteiger partial charge in [-0.1, -0.05) is 23.2 Å². The Morgan fingerprint density at radius 2 is 2.11 bits per heavy atom. The normalized spacial score (nSPS) is 10.3. The molecule has 0 aliphatic rings. The second-order valence-electron chi connectivity index (χ2n) is 3.49. The van der Waals surface area contributed by atoms with Crippen molar-refractivity contribution in [1.29, 1.82) is 0 Å². The molecule has 1 aromatic heterocycles. The molecular formula is C12H8Cl2O3S. The van der Waals surface area contributed by atoms with Crippen molar-refractivity contribution in [3.63, 3.8) is 0 Å². The van der Waals surface area contributed by atoms with Crippen LogP contribution in [0.15, 0.2) is 29.6 Å². The summed E-state index contributed by atoms with van der Waals surface area (Å²) in [4.78, 5) is 11.0. The second-order valence-corrected chi connectivity index (χ2v) is 5.24. The summed E-state index contributed by atoms with van der Waals surface area (Å²) in [5.41, 5.74) is 0.786. The molecule has 1 aromatic carbocycles. The smallest absolute Gasteiger partial charge is 0.345 e. The summed E-state index contributed by atoms with van der Waals surface area (Å²) in [6, 6.07) is 6.51. The molecule has 0 saturated heterocycles. The van der Waals surface area contributed by atoms with Crippen molar-refractivity contribution < 1.29 is 14.6 Å². The number of ether oxygens (including phenoxy) is 1. The molecular weight excluding hydrogens is 295 g/mol. The van der Waals surface area contributed by atoms with Crippen molar-refractivity contribution in [3.8, 4) is 5.75 Å². The van der Waals surface area contributed by atoms with Gasteiger partial charge in [0.25, 0.3) is 0 Å². The summed E-state index contributed by atoms with van der Waals surface area (Å²) < 4.78 is 5.49. The molecule has 0 atom stereocenters. The third-order valence-electron chi connectivity index (χ3n) is 2.15. The molecule has 0 saturated carbocycles. The molecule has 0 aliphatic carbocycles. The molecule has 3 nitrogen and oxygen atoms in total. The Hall–Kier alpha value is -1.23. The first-order valence-corrected chi connectivity index (χ1v) is 6.58. The molecule has 94 valence electrons. The van der Waals surface area contributed by atoms with Gasteiger partial charge in [0.2, 0.25) is 0 Å². The highest BCUT2D eigenvalue weighted by Crippen LogP contribution is 2.28. The van der Waals surface area contributed by atoms with Gasteiger partial charge in [0.1, 0.15) is 17.2 Å². The van der Waals surface area contributed by atoms with Crippen LogP contribution in [-0.2, 0) is 6.61 Å². The van der Waals surface area contributed by atoms with Crippen LogP contribution < -0.4 is 4.74 Å². The van der Waals surface area contributed by atoms with Gasteiger partial charge in [0.15, 0.2) is 0 Å². The Kier molecular flexibility index (Phi) is 4.11. The first kappa shape index (κ1) is 13.2. The van der Waals surface area contributed by atoms with E-state index in [0.29, 0.717) is 15.8 Å². The Morgan fingerprint density at radius 1 is 1.33 bits per heavy atom. The predicted octanol–water partition coefficient (Wildman–Crippen LogP) is 4.33. The summed E-state index contributed by atoms with van der Waals surface area (Å²) in [5.74, 6) is -0.459. The second kappa shape index (κ2) is 5.61. The maximum Gasteiger partial charge on any atom is 0.345 e. The summed E-state index contributed by atoms with van der Waals surface area (Å²) in [6.07, 6.45) is 0. The molecule has 2 aromatic rings. The van der Waals surface area contributed by atoms with E-state index >= 15 is 0 Å². The molecule has 0 fully saturated rings. The maximum atomic E-state index is 10.7. The summed E-state index contributed by atoms with van der Waals surface area (Å²) >= 11 is 12.9. The lowest BCUT2D eigenvalue weighted by atomic mass is 10.3. The Labute approximate surface area is 118 Å². The first-order valence-electron chi connectivity index (χ1n) is 4.95. The minimum Gasteiger partial charge on any atom is -0.487 e. The summed E-state index contributed by atoms with van der Waals surface area (Å²) in [7, 11) is 0. The van der Waals surface area contributed by atoms with E-state index in [0.717, 1.165) is 16.9 Å². The topological polar surface area (TPSA) is 46.5 Å². The molecule has 18 heavy (non-hydrogen) atoms. The quantitative estimate of drug-likeness (QED) is 0.914. The maximum absolute atomic E-state index is 10.7. The molecule has 6 heteroatoms. The largest absolute Gasteiger partial charge is 0.487 e. The van der Waals surface area contributed by atoms with E-state index in [1.54, 1.807) is 29.6 Å². The van der Waals surface area contributed by atoms with Crippen molar-refractivity contribution in [2.45, 2.75) is 6.61 Å². The monoisotopic (exact) mass is 302 g/mol. The minimum absolute atomic E-state index is 0.254. The number of carboxylic acids is 1. The van der Waals surface area contributed by atoms with Crippen molar-refractivity contribution in [2.75, 3.05) is 0 Å². The van der Waals surface area contributed by atoms with Gasteiger partial charge < -0.3 is 9.84 Å². The van der Waals surface area contributed by atoms with Crippen LogP contribution in [0.4, 0.5) is 0 Å². The van der Waals surface area contributed by atoms with Gasteiger partial charge in [-0.25, -0.2) is 4.79 Å². The van der Waals surface area contributed by atoms with Gasteiger partial charge in [0.05, 0.1) is 5.02 Å². The fourth-order valence-corrected chi connectivity index (χ4v) is 2.38. The fourth-order valence-electron chi connectivity index (χ4n) is 1.31. The molecule has 0 amide bonds. The zero-order chi connectivity index (χ0) is 13.1. The molecule has 1 heterocycles. The van der Waals surface area contributed by atoms with E-state index in [9.17, 15) is 4.79 Å². The van der Waals surface area contributed by atoms with Crippen LogP contribution in [0.5, 0.6) is 5.75 Å². The number of carboxylic acid groups (broad SMARTS) is 1. The van der Waals surface area contributed by atoms with Crippen LogP contribution in [-0.4, -0.2) is 11.1 Å². The van der Waals surface area contributed by atoms with E-state index < -0.39 is 5.97 Å². The van der Waals surface area contributed by atoms with E-state index in [-0.39, 0.29) is 11.5 Å². The molecule has 0 unspecified atom stereocenters. The lowest BCUT2D eigenvalue weighted by Crippen LogP contribution is -1.95. The lowest BCUT2D eigenvalue weighted by Gasteiger charge is -2.06. The van der Waals surface area contributed by atoms with Crippen LogP contribution in [0.3, 0.4) is 0 Å². The van der Waals surface area contributed by atoms with Crippen LogP contribution >= 0.6 is 34.5 Å². The number of thiophene rings is 1. The van der Waals surface area contributed by atoms with Gasteiger partial charge >= 0.3 is 5.97 Å². The average molecular weight is 303 g/mol. The van der Waals surface area contributed by atoms with Crippen LogP contribution in [0.1, 0.15) is 15.2 Å². The van der Waals surface area contributed by atoms with Crippen molar-refractivity contribution in [1.82, 2.24) is 0 Å². The van der Waals surface area contributed by atoms with E-state index in [2.05, 4.69) is 0 Å². The number of halogens is 2. The van der Waals surface area contributed by atoms with Crippen molar-refractivity contribution >= 4 is 40.5 Å². The summed E-state index contributed by atoms with van der Waals surface area (Å²) in [5, 5.41) is 11.5. The molecule has 0 radical (unpaired) electrons. The minimum atomic E-state index is -0.938. The molecule has 2 rings (SSSR count). The van der Waals surface area contributed by atoms with Crippen molar-refractivity contribution in [3.05, 3.63) is 50.1 Å². The van der Waals surface area contributed by atoms with Gasteiger partial charge in [0, 0.05) is 16.7 Å². The summed E-state index contributed by atoms with van der Waals surface area (Å²) in [6.45, 7) is 0.254. The lowest BCUT2D eigenvalue weighted by molar-refractivity contribution is 0.0702. The SMILES string of the molecule is O=C(O)c1cc(COc2cc(Cl)ccc2Cl)cs1. The van der Waals surface area contributed by atoms with Crippen LogP contribution in [0.25, 0.3) is 0 Å². The van der Waals surface area contributed by atoms with Gasteiger partial charge in [-0.3, -0.25) is 0 Å². The number of carbonyl (C=O) groups is 1. The van der Waals surface area contributed by atoms with E-state index in [1.165, 1.54) is 0 Å². The van der Waals surface area contributed by atoms with Gasteiger partial charge in [-0.05, 0) is 23.6 Å². The Balaban J connectivity index is 2.06. The zero-order valence-corrected chi connectivity index (χ0v) is 11.4. The average Bonchev–Trinajstić information content (AvgIpc) is 2.79. The number of rotatable bonds is 4. The molecule has 0 aliphatic heterocycles. The first-order chi connectivity index (χ1) is 8.56. The highest BCUT2D eigenvalue weighted by Gasteiger charge is 2.08. The third kappa shape index (κ3) is 3.16. The fraction of sp³-hybridized carbons (Fsp3) is 0.0833. The van der Waals surface area contributed by atoms with Crippen LogP contribution in [0.2, 0.25) is 10.0 Å². The predicted molar refractivity (Wildman–Crippen MR) is 72.1 cm³/mol. The van der Waals surface area contributed by atoms with Gasteiger partial charge in [-0.15, -0.1) is 11.3 Å². The van der Waals surface area contributed by atoms with Crippen molar-refractivity contribution in [2.24, 2.45) is 0 Å². The molecule has 0 bridgehead atoms. The number of aromatic carboxylic acids is 1. The van der Waals surface area contributed by atoms with Gasteiger partial charge in [-0.2, -0.15) is 0 Å². The standard InChI is InChI=1S/C12H8Cl2O3S/c13-8-1-2-9(14)10(4-8)17-5-7-3-11(12(15)16)18-6-7/h1-4,6H,5H2,(H,15,16). The number of hydrogen-bond acceptors (Lipinski definition) is 3. The molecule has 1 N–H and O–H groups in total. The number of hydrogen-bond donors (Lipinski definition) is 1. The third-order valence-corrected chi connectivity index (χ3v) is 3.67. The van der Waals surface area contributed by atoms with E-state index in [4.69, 9.17) is 33.0 Å². The molecule has 0 spiro atoms. The highest BCUT2D eigenvalue weighted by molar-refractivity contribution is 7.12. The Bertz CT molecular complexity index is 580. The highest BCUT2D eigenvalue weighted by atomic mass is 35.5. The number of benzene rings is 1. The van der Waals surface area contributed by atoms with E-state index in [1.807, 2.05) is 0 Å². The van der Waals surface area contributed by atoms with Crippen LogP contribution in [0, 0.1) is 0 Å².